The number of nitrogens with one attached hydrogen (secondary N) is 1. The van der Waals surface area contributed by atoms with Gasteiger partial charge in [-0.05, 0) is 18.9 Å². The Morgan fingerprint density at radius 1 is 1.33 bits per heavy atom. The lowest BCUT2D eigenvalue weighted by molar-refractivity contribution is -0.134. The maximum atomic E-state index is 12.0. The van der Waals surface area contributed by atoms with Gasteiger partial charge in [-0.1, -0.05) is 18.2 Å². The molecular weight excluding hydrogens is 270 g/mol. The van der Waals surface area contributed by atoms with Crippen LogP contribution in [0.25, 0.3) is 11.0 Å². The topological polar surface area (TPSA) is 88.6 Å². The third-order valence-electron chi connectivity index (χ3n) is 3.78. The molecule has 0 unspecified atom stereocenters. The summed E-state index contributed by atoms with van der Waals surface area (Å²) in [7, 11) is 0. The zero-order chi connectivity index (χ0) is 14.8. The lowest BCUT2D eigenvalue weighted by atomic mass is 10.1. The molecule has 1 fully saturated rings. The zero-order valence-corrected chi connectivity index (χ0v) is 11.6. The molecule has 1 aromatic carbocycles. The van der Waals surface area contributed by atoms with Gasteiger partial charge in [-0.2, -0.15) is 0 Å². The van der Waals surface area contributed by atoms with Gasteiger partial charge in [-0.15, -0.1) is 0 Å². The SMILES string of the molecule is NNC(=O)c1c(CN2CCCCC2=O)oc2ccccc12. The van der Waals surface area contributed by atoms with Crippen molar-refractivity contribution in [3.63, 3.8) is 0 Å². The fourth-order valence-corrected chi connectivity index (χ4v) is 2.73. The van der Waals surface area contributed by atoms with Crippen LogP contribution in [-0.2, 0) is 11.3 Å². The van der Waals surface area contributed by atoms with Gasteiger partial charge in [0.15, 0.2) is 0 Å². The van der Waals surface area contributed by atoms with Crippen molar-refractivity contribution in [3.8, 4) is 0 Å². The van der Waals surface area contributed by atoms with Crippen LogP contribution in [-0.4, -0.2) is 23.3 Å². The quantitative estimate of drug-likeness (QED) is 0.509. The molecular formula is C15H17N3O3. The van der Waals surface area contributed by atoms with Crippen molar-refractivity contribution < 1.29 is 14.0 Å². The Hall–Kier alpha value is -2.34. The second-order valence-corrected chi connectivity index (χ2v) is 5.14. The number of hydrogen-bond acceptors (Lipinski definition) is 4. The van der Waals surface area contributed by atoms with Gasteiger partial charge in [0, 0.05) is 18.4 Å². The number of hydrazine groups is 1. The first-order chi connectivity index (χ1) is 10.2. The van der Waals surface area contributed by atoms with Crippen molar-refractivity contribution in [2.75, 3.05) is 6.54 Å². The van der Waals surface area contributed by atoms with E-state index in [4.69, 9.17) is 10.3 Å². The molecule has 0 bridgehead atoms. The third kappa shape index (κ3) is 2.50. The number of fused-ring (bicyclic) bond motifs is 1. The highest BCUT2D eigenvalue weighted by Gasteiger charge is 2.25. The molecule has 0 saturated carbocycles. The van der Waals surface area contributed by atoms with Gasteiger partial charge in [0.1, 0.15) is 11.3 Å². The number of rotatable bonds is 3. The van der Waals surface area contributed by atoms with Gasteiger partial charge >= 0.3 is 0 Å². The first-order valence-electron chi connectivity index (χ1n) is 7.00. The van der Waals surface area contributed by atoms with Crippen molar-refractivity contribution in [3.05, 3.63) is 35.6 Å². The molecule has 6 heteroatoms. The molecule has 0 aliphatic carbocycles. The van der Waals surface area contributed by atoms with Crippen molar-refractivity contribution in [1.82, 2.24) is 10.3 Å². The summed E-state index contributed by atoms with van der Waals surface area (Å²) in [5.74, 6) is 5.44. The van der Waals surface area contributed by atoms with Gasteiger partial charge in [0.05, 0.1) is 12.1 Å². The van der Waals surface area contributed by atoms with E-state index >= 15 is 0 Å². The van der Waals surface area contributed by atoms with E-state index in [1.807, 2.05) is 18.2 Å². The molecule has 0 atom stereocenters. The molecule has 1 aromatic heterocycles. The van der Waals surface area contributed by atoms with Crippen molar-refractivity contribution in [1.29, 1.82) is 0 Å². The number of piperidine rings is 1. The number of carbonyl (C=O) groups excluding carboxylic acids is 2. The summed E-state index contributed by atoms with van der Waals surface area (Å²) in [6, 6.07) is 7.28. The number of hydrogen-bond donors (Lipinski definition) is 2. The molecule has 6 nitrogen and oxygen atoms in total. The number of furan rings is 1. The van der Waals surface area contributed by atoms with Crippen molar-refractivity contribution >= 4 is 22.8 Å². The molecule has 110 valence electrons. The monoisotopic (exact) mass is 287 g/mol. The maximum absolute atomic E-state index is 12.0. The third-order valence-corrected chi connectivity index (χ3v) is 3.78. The molecule has 1 saturated heterocycles. The Morgan fingerprint density at radius 3 is 2.90 bits per heavy atom. The molecule has 1 aliphatic heterocycles. The van der Waals surface area contributed by atoms with Crippen LogP contribution in [0, 0.1) is 0 Å². The summed E-state index contributed by atoms with van der Waals surface area (Å²) >= 11 is 0. The van der Waals surface area contributed by atoms with Gasteiger partial charge in [-0.3, -0.25) is 15.0 Å². The van der Waals surface area contributed by atoms with E-state index in [1.165, 1.54) is 0 Å². The highest BCUT2D eigenvalue weighted by molar-refractivity contribution is 6.07. The van der Waals surface area contributed by atoms with E-state index < -0.39 is 5.91 Å². The molecule has 1 aliphatic rings. The van der Waals surface area contributed by atoms with Crippen LogP contribution in [0.2, 0.25) is 0 Å². The minimum Gasteiger partial charge on any atom is -0.458 e. The molecule has 0 radical (unpaired) electrons. The van der Waals surface area contributed by atoms with E-state index in [1.54, 1.807) is 11.0 Å². The average Bonchev–Trinajstić information content (AvgIpc) is 2.87. The Kier molecular flexibility index (Phi) is 3.62. The van der Waals surface area contributed by atoms with Crippen LogP contribution < -0.4 is 11.3 Å². The number of likely N-dealkylation sites (tertiary alicyclic amines) is 1. The van der Waals surface area contributed by atoms with Crippen LogP contribution in [0.15, 0.2) is 28.7 Å². The van der Waals surface area contributed by atoms with Gasteiger partial charge in [-0.25, -0.2) is 5.84 Å². The smallest absolute Gasteiger partial charge is 0.269 e. The average molecular weight is 287 g/mol. The van der Waals surface area contributed by atoms with Crippen LogP contribution in [0.3, 0.4) is 0 Å². The fourth-order valence-electron chi connectivity index (χ4n) is 2.73. The number of para-hydroxylation sites is 1. The first kappa shape index (κ1) is 13.6. The van der Waals surface area contributed by atoms with Crippen molar-refractivity contribution in [2.24, 2.45) is 5.84 Å². The second kappa shape index (κ2) is 5.57. The summed E-state index contributed by atoms with van der Waals surface area (Å²) in [5, 5.41) is 0.708. The van der Waals surface area contributed by atoms with E-state index in [2.05, 4.69) is 5.43 Å². The molecule has 2 heterocycles. The number of benzene rings is 1. The lowest BCUT2D eigenvalue weighted by Crippen LogP contribution is -2.36. The van der Waals surface area contributed by atoms with Gasteiger partial charge in [0.25, 0.3) is 5.91 Å². The normalized spacial score (nSPS) is 15.5. The number of nitrogens with two attached hydrogens (primary N) is 1. The Balaban J connectivity index is 2.00. The highest BCUT2D eigenvalue weighted by atomic mass is 16.3. The van der Waals surface area contributed by atoms with Gasteiger partial charge in [0.2, 0.25) is 5.91 Å². The van der Waals surface area contributed by atoms with Crippen LogP contribution in [0.4, 0.5) is 0 Å². The van der Waals surface area contributed by atoms with Crippen LogP contribution >= 0.6 is 0 Å². The number of nitrogen functional groups attached to an aromatic ring is 1. The standard InChI is InChI=1S/C15H17N3O3/c16-17-15(20)14-10-5-1-2-6-11(10)21-12(14)9-18-8-4-3-7-13(18)19/h1-2,5-6H,3-4,7-9,16H2,(H,17,20). The number of amides is 2. The molecule has 3 N–H and O–H groups in total. The highest BCUT2D eigenvalue weighted by Crippen LogP contribution is 2.27. The summed E-state index contributed by atoms with van der Waals surface area (Å²) in [4.78, 5) is 25.7. The molecule has 21 heavy (non-hydrogen) atoms. The predicted octanol–water partition coefficient (Wildman–Crippen LogP) is 1.55. The number of carbonyl (C=O) groups is 2. The summed E-state index contributed by atoms with van der Waals surface area (Å²) in [6.45, 7) is 0.996. The Morgan fingerprint density at radius 2 is 2.14 bits per heavy atom. The molecule has 2 aromatic rings. The van der Waals surface area contributed by atoms with E-state index in [-0.39, 0.29) is 5.91 Å². The minimum absolute atomic E-state index is 0.0980. The molecule has 0 spiro atoms. The second-order valence-electron chi connectivity index (χ2n) is 5.14. The maximum Gasteiger partial charge on any atom is 0.269 e. The van der Waals surface area contributed by atoms with E-state index in [0.29, 0.717) is 41.8 Å². The van der Waals surface area contributed by atoms with Crippen LogP contribution in [0.1, 0.15) is 35.4 Å². The lowest BCUT2D eigenvalue weighted by Gasteiger charge is -2.26. The van der Waals surface area contributed by atoms with Crippen LogP contribution in [0.5, 0.6) is 0 Å². The van der Waals surface area contributed by atoms with E-state index in [9.17, 15) is 9.59 Å². The number of nitrogens with zero attached hydrogens (tertiary/aromatic N) is 1. The molecule has 2 amide bonds. The summed E-state index contributed by atoms with van der Waals surface area (Å²) in [6.07, 6.45) is 2.45. The molecule has 3 rings (SSSR count). The Labute approximate surface area is 121 Å². The minimum atomic E-state index is -0.403. The van der Waals surface area contributed by atoms with Gasteiger partial charge < -0.3 is 9.32 Å². The Bertz CT molecular complexity index is 693. The summed E-state index contributed by atoms with van der Waals surface area (Å²) < 4.78 is 5.76. The largest absolute Gasteiger partial charge is 0.458 e. The fraction of sp³-hybridized carbons (Fsp3) is 0.333. The zero-order valence-electron chi connectivity index (χ0n) is 11.6. The van der Waals surface area contributed by atoms with E-state index in [0.717, 1.165) is 12.8 Å². The predicted molar refractivity (Wildman–Crippen MR) is 77.1 cm³/mol. The first-order valence-corrected chi connectivity index (χ1v) is 7.00. The van der Waals surface area contributed by atoms with Crippen molar-refractivity contribution in [2.45, 2.75) is 25.8 Å². The summed E-state index contributed by atoms with van der Waals surface area (Å²) in [5.41, 5.74) is 3.18.